The Hall–Kier alpha value is -2.26. The van der Waals surface area contributed by atoms with Crippen molar-refractivity contribution in [3.63, 3.8) is 0 Å². The third-order valence-corrected chi connectivity index (χ3v) is 5.89. The Kier molecular flexibility index (Phi) is 7.54. The van der Waals surface area contributed by atoms with Crippen molar-refractivity contribution in [3.8, 4) is 0 Å². The van der Waals surface area contributed by atoms with Crippen molar-refractivity contribution in [1.82, 2.24) is 14.5 Å². The fourth-order valence-corrected chi connectivity index (χ4v) is 4.47. The maximum atomic E-state index is 13.0. The minimum Gasteiger partial charge on any atom is -0.408 e. The number of nitrogens with one attached hydrogen (secondary N) is 1. The Morgan fingerprint density at radius 3 is 2.00 bits per heavy atom. The van der Waals surface area contributed by atoms with Crippen LogP contribution in [0.2, 0.25) is 0 Å². The first kappa shape index (κ1) is 23.0. The molecule has 0 aliphatic heterocycles. The number of aromatic nitrogens is 2. The molecule has 9 heteroatoms. The highest BCUT2D eigenvalue weighted by atomic mass is 32.2. The third-order valence-electron chi connectivity index (χ3n) is 4.05. The monoisotopic (exact) mass is 422 g/mol. The molecule has 29 heavy (non-hydrogen) atoms. The van der Waals surface area contributed by atoms with Crippen molar-refractivity contribution in [1.29, 1.82) is 0 Å². The van der Waals surface area contributed by atoms with Crippen LogP contribution in [0.4, 0.5) is 6.01 Å². The van der Waals surface area contributed by atoms with Crippen molar-refractivity contribution in [3.05, 3.63) is 35.7 Å². The van der Waals surface area contributed by atoms with Gasteiger partial charge in [0.1, 0.15) is 0 Å². The van der Waals surface area contributed by atoms with Crippen LogP contribution < -0.4 is 5.32 Å². The van der Waals surface area contributed by atoms with Crippen LogP contribution in [0.1, 0.15) is 63.7 Å². The lowest BCUT2D eigenvalue weighted by molar-refractivity contribution is 0.102. The van der Waals surface area contributed by atoms with E-state index in [-0.39, 0.29) is 28.7 Å². The molecule has 1 aromatic carbocycles. The van der Waals surface area contributed by atoms with Crippen LogP contribution in [0, 0.1) is 11.8 Å². The van der Waals surface area contributed by atoms with Gasteiger partial charge in [0.05, 0.1) is 4.90 Å². The van der Waals surface area contributed by atoms with E-state index in [4.69, 9.17) is 4.42 Å². The van der Waals surface area contributed by atoms with E-state index < -0.39 is 15.9 Å². The maximum Gasteiger partial charge on any atom is 0.322 e. The van der Waals surface area contributed by atoms with Crippen LogP contribution in [0.25, 0.3) is 0 Å². The van der Waals surface area contributed by atoms with Crippen LogP contribution in [-0.4, -0.2) is 41.9 Å². The van der Waals surface area contributed by atoms with E-state index in [1.54, 1.807) is 0 Å². The smallest absolute Gasteiger partial charge is 0.322 e. The number of sulfonamides is 1. The summed E-state index contributed by atoms with van der Waals surface area (Å²) in [4.78, 5) is 12.5. The van der Waals surface area contributed by atoms with E-state index in [0.717, 1.165) is 0 Å². The Morgan fingerprint density at radius 1 is 1.00 bits per heavy atom. The van der Waals surface area contributed by atoms with Gasteiger partial charge in [-0.25, -0.2) is 8.42 Å². The van der Waals surface area contributed by atoms with Crippen molar-refractivity contribution >= 4 is 21.9 Å². The first-order valence-electron chi connectivity index (χ1n) is 9.75. The SMILES string of the molecule is CC(C)CN(CC(C)C)S(=O)(=O)c1ccc(C(=O)Nc2nnc(C(C)C)o2)cc1. The van der Waals surface area contributed by atoms with Crippen LogP contribution >= 0.6 is 0 Å². The molecule has 8 nitrogen and oxygen atoms in total. The van der Waals surface area contributed by atoms with Crippen LogP contribution in [0.15, 0.2) is 33.6 Å². The molecule has 1 N–H and O–H groups in total. The zero-order chi connectivity index (χ0) is 21.8. The van der Waals surface area contributed by atoms with Gasteiger partial charge in [-0.3, -0.25) is 10.1 Å². The summed E-state index contributed by atoms with van der Waals surface area (Å²) < 4.78 is 32.9. The zero-order valence-corrected chi connectivity index (χ0v) is 18.7. The van der Waals surface area contributed by atoms with Crippen molar-refractivity contribution in [2.24, 2.45) is 11.8 Å². The lowest BCUT2D eigenvalue weighted by Gasteiger charge is -2.25. The number of nitrogens with zero attached hydrogens (tertiary/aromatic N) is 3. The van der Waals surface area contributed by atoms with Gasteiger partial charge in [-0.05, 0) is 36.1 Å². The average Bonchev–Trinajstić information content (AvgIpc) is 3.09. The number of anilines is 1. The molecule has 0 aliphatic rings. The summed E-state index contributed by atoms with van der Waals surface area (Å²) in [6.07, 6.45) is 0. The molecule has 1 heterocycles. The highest BCUT2D eigenvalue weighted by Crippen LogP contribution is 2.20. The van der Waals surface area contributed by atoms with Crippen molar-refractivity contribution in [2.45, 2.75) is 52.4 Å². The highest BCUT2D eigenvalue weighted by molar-refractivity contribution is 7.89. The number of carbonyl (C=O) groups excluding carboxylic acids is 1. The molecule has 0 aliphatic carbocycles. The standard InChI is InChI=1S/C20H30N4O4S/c1-13(2)11-24(12-14(3)4)29(26,27)17-9-7-16(8-10-17)18(25)21-20-23-22-19(28-20)15(5)6/h7-10,13-15H,11-12H2,1-6H3,(H,21,23,25). The highest BCUT2D eigenvalue weighted by Gasteiger charge is 2.26. The number of carbonyl (C=O) groups is 1. The van der Waals surface area contributed by atoms with Gasteiger partial charge in [0.25, 0.3) is 5.91 Å². The Bertz CT molecular complexity index is 908. The van der Waals surface area contributed by atoms with E-state index in [9.17, 15) is 13.2 Å². The second kappa shape index (κ2) is 9.49. The summed E-state index contributed by atoms with van der Waals surface area (Å²) in [5, 5.41) is 10.2. The van der Waals surface area contributed by atoms with E-state index in [2.05, 4.69) is 15.5 Å². The van der Waals surface area contributed by atoms with E-state index in [1.807, 2.05) is 41.5 Å². The number of hydrogen-bond donors (Lipinski definition) is 1. The first-order valence-corrected chi connectivity index (χ1v) is 11.2. The molecule has 0 saturated carbocycles. The Balaban J connectivity index is 2.17. The van der Waals surface area contributed by atoms with Gasteiger partial charge < -0.3 is 4.42 Å². The van der Waals surface area contributed by atoms with Crippen molar-refractivity contribution < 1.29 is 17.6 Å². The molecule has 0 radical (unpaired) electrons. The molecule has 160 valence electrons. The van der Waals surface area contributed by atoms with Gasteiger partial charge in [-0.2, -0.15) is 4.31 Å². The summed E-state index contributed by atoms with van der Waals surface area (Å²) in [5.41, 5.74) is 0.299. The summed E-state index contributed by atoms with van der Waals surface area (Å²) in [5.74, 6) is 0.445. The molecule has 0 spiro atoms. The van der Waals surface area contributed by atoms with E-state index >= 15 is 0 Å². The topological polar surface area (TPSA) is 105 Å². The number of rotatable bonds is 9. The van der Waals surface area contributed by atoms with Gasteiger partial charge in [0, 0.05) is 24.6 Å². The molecule has 0 unspecified atom stereocenters. The minimum atomic E-state index is -3.64. The number of hydrogen-bond acceptors (Lipinski definition) is 6. The van der Waals surface area contributed by atoms with E-state index in [0.29, 0.717) is 24.5 Å². The van der Waals surface area contributed by atoms with Gasteiger partial charge >= 0.3 is 6.01 Å². The molecule has 0 saturated heterocycles. The molecule has 2 rings (SSSR count). The average molecular weight is 423 g/mol. The normalized spacial score (nSPS) is 12.3. The minimum absolute atomic E-state index is 0.00967. The summed E-state index contributed by atoms with van der Waals surface area (Å²) in [7, 11) is -3.64. The predicted octanol–water partition coefficient (Wildman–Crippen LogP) is 3.75. The molecular weight excluding hydrogens is 392 g/mol. The molecule has 0 fully saturated rings. The van der Waals surface area contributed by atoms with Gasteiger partial charge in [0.15, 0.2) is 0 Å². The van der Waals surface area contributed by atoms with Gasteiger partial charge in [-0.1, -0.05) is 46.6 Å². The van der Waals surface area contributed by atoms with Gasteiger partial charge in [-0.15, -0.1) is 5.10 Å². The predicted molar refractivity (Wildman–Crippen MR) is 111 cm³/mol. The van der Waals surface area contributed by atoms with Crippen LogP contribution in [0.5, 0.6) is 0 Å². The summed E-state index contributed by atoms with van der Waals surface area (Å²) >= 11 is 0. The fraction of sp³-hybridized carbons (Fsp3) is 0.550. The fourth-order valence-electron chi connectivity index (χ4n) is 2.70. The number of benzene rings is 1. The third kappa shape index (κ3) is 6.11. The second-order valence-corrected chi connectivity index (χ2v) is 10.1. The lowest BCUT2D eigenvalue weighted by Crippen LogP contribution is -2.37. The molecule has 1 amide bonds. The molecular formula is C20H30N4O4S. The van der Waals surface area contributed by atoms with Crippen molar-refractivity contribution in [2.75, 3.05) is 18.4 Å². The summed E-state index contributed by atoms with van der Waals surface area (Å²) in [6.45, 7) is 12.6. The quantitative estimate of drug-likeness (QED) is 0.660. The molecule has 1 aromatic heterocycles. The Labute approximate surface area is 172 Å². The zero-order valence-electron chi connectivity index (χ0n) is 17.8. The summed E-state index contributed by atoms with van der Waals surface area (Å²) in [6, 6.07) is 5.86. The maximum absolute atomic E-state index is 13.0. The largest absolute Gasteiger partial charge is 0.408 e. The van der Waals surface area contributed by atoms with Gasteiger partial charge in [0.2, 0.25) is 15.9 Å². The Morgan fingerprint density at radius 2 is 1.55 bits per heavy atom. The van der Waals surface area contributed by atoms with E-state index in [1.165, 1.54) is 28.6 Å². The number of amides is 1. The van der Waals surface area contributed by atoms with Crippen LogP contribution in [0.3, 0.4) is 0 Å². The second-order valence-electron chi connectivity index (χ2n) is 8.19. The molecule has 2 aromatic rings. The first-order chi connectivity index (χ1) is 13.5. The molecule has 0 atom stereocenters. The lowest BCUT2D eigenvalue weighted by atomic mass is 10.2. The van der Waals surface area contributed by atoms with Crippen LogP contribution in [-0.2, 0) is 10.0 Å². The molecule has 0 bridgehead atoms.